The fraction of sp³-hybridized carbons (Fsp3) is 0.0909. The summed E-state index contributed by atoms with van der Waals surface area (Å²) in [5.74, 6) is -0.107. The summed E-state index contributed by atoms with van der Waals surface area (Å²) in [6, 6.07) is 26.2. The van der Waals surface area contributed by atoms with Gasteiger partial charge in [-0.15, -0.1) is 0 Å². The number of rotatable bonds is 6. The van der Waals surface area contributed by atoms with Crippen molar-refractivity contribution >= 4 is 17.6 Å². The highest BCUT2D eigenvalue weighted by Crippen LogP contribution is 2.23. The van der Waals surface area contributed by atoms with E-state index in [1.807, 2.05) is 36.4 Å². The highest BCUT2D eigenvalue weighted by atomic mass is 16.2. The smallest absolute Gasteiger partial charge is 0.316 e. The minimum absolute atomic E-state index is 0.0622. The van der Waals surface area contributed by atoms with E-state index < -0.39 is 6.03 Å². The summed E-state index contributed by atoms with van der Waals surface area (Å²) >= 11 is 0. The van der Waals surface area contributed by atoms with Crippen molar-refractivity contribution < 1.29 is 9.59 Å². The van der Waals surface area contributed by atoms with E-state index in [2.05, 4.69) is 34.9 Å². The Hall–Kier alpha value is -3.60. The molecule has 0 aliphatic rings. The van der Waals surface area contributed by atoms with E-state index in [0.717, 1.165) is 11.1 Å². The first kappa shape index (κ1) is 18.2. The first-order chi connectivity index (χ1) is 13.1. The van der Waals surface area contributed by atoms with Crippen LogP contribution in [0.4, 0.5) is 10.5 Å². The molecule has 5 heteroatoms. The molecule has 0 radical (unpaired) electrons. The number of urea groups is 1. The first-order valence-electron chi connectivity index (χ1n) is 8.68. The van der Waals surface area contributed by atoms with Crippen molar-refractivity contribution in [3.05, 3.63) is 102 Å². The maximum absolute atomic E-state index is 12.5. The Morgan fingerprint density at radius 3 is 1.78 bits per heavy atom. The predicted octanol–water partition coefficient (Wildman–Crippen LogP) is 3.74. The van der Waals surface area contributed by atoms with Crippen molar-refractivity contribution in [1.82, 2.24) is 5.32 Å². The summed E-state index contributed by atoms with van der Waals surface area (Å²) in [7, 11) is 0. The zero-order valence-electron chi connectivity index (χ0n) is 14.8. The fourth-order valence-corrected chi connectivity index (χ4v) is 2.94. The number of primary amides is 1. The van der Waals surface area contributed by atoms with Crippen LogP contribution in [0.5, 0.6) is 0 Å². The lowest BCUT2D eigenvalue weighted by molar-refractivity contribution is 0.0952. The predicted molar refractivity (Wildman–Crippen MR) is 107 cm³/mol. The lowest BCUT2D eigenvalue weighted by Crippen LogP contribution is -2.29. The zero-order valence-corrected chi connectivity index (χ0v) is 14.8. The molecular formula is C22H21N3O2. The minimum atomic E-state index is -0.638. The molecule has 0 heterocycles. The van der Waals surface area contributed by atoms with Gasteiger partial charge < -0.3 is 16.4 Å². The lowest BCUT2D eigenvalue weighted by Gasteiger charge is -2.19. The number of amides is 3. The van der Waals surface area contributed by atoms with Crippen LogP contribution in [0, 0.1) is 0 Å². The molecule has 5 nitrogen and oxygen atoms in total. The van der Waals surface area contributed by atoms with Crippen LogP contribution in [0.15, 0.2) is 84.9 Å². The number of nitrogens with two attached hydrogens (primary N) is 1. The molecule has 0 spiro atoms. The molecule has 0 aliphatic heterocycles. The Kier molecular flexibility index (Phi) is 5.84. The van der Waals surface area contributed by atoms with E-state index in [1.54, 1.807) is 24.3 Å². The van der Waals surface area contributed by atoms with Crippen LogP contribution in [0.1, 0.15) is 27.4 Å². The highest BCUT2D eigenvalue weighted by molar-refractivity contribution is 5.95. The van der Waals surface area contributed by atoms with Gasteiger partial charge in [0, 0.05) is 23.7 Å². The molecule has 0 saturated carbocycles. The standard InChI is InChI=1S/C22H21N3O2/c23-22(27)25-19-13-11-18(12-14-19)21(26)24-15-20(16-7-3-1-4-8-16)17-9-5-2-6-10-17/h1-14,20H,15H2,(H,24,26)(H3,23,25,27). The van der Waals surface area contributed by atoms with Crippen LogP contribution in [-0.4, -0.2) is 18.5 Å². The minimum Gasteiger partial charge on any atom is -0.351 e. The largest absolute Gasteiger partial charge is 0.351 e. The van der Waals surface area contributed by atoms with Gasteiger partial charge in [-0.3, -0.25) is 4.79 Å². The van der Waals surface area contributed by atoms with Crippen molar-refractivity contribution in [1.29, 1.82) is 0 Å². The molecule has 4 N–H and O–H groups in total. The fourth-order valence-electron chi connectivity index (χ4n) is 2.94. The van der Waals surface area contributed by atoms with Crippen LogP contribution in [0.2, 0.25) is 0 Å². The van der Waals surface area contributed by atoms with Gasteiger partial charge in [0.2, 0.25) is 0 Å². The number of benzene rings is 3. The SMILES string of the molecule is NC(=O)Nc1ccc(C(=O)NCC(c2ccccc2)c2ccccc2)cc1. The molecule has 0 unspecified atom stereocenters. The molecule has 0 atom stereocenters. The Morgan fingerprint density at radius 1 is 0.778 bits per heavy atom. The number of hydrogen-bond acceptors (Lipinski definition) is 2. The quantitative estimate of drug-likeness (QED) is 0.626. The zero-order chi connectivity index (χ0) is 19.1. The van der Waals surface area contributed by atoms with E-state index in [4.69, 9.17) is 5.73 Å². The molecule has 3 aromatic carbocycles. The summed E-state index contributed by atoms with van der Waals surface area (Å²) < 4.78 is 0. The van der Waals surface area contributed by atoms with E-state index in [9.17, 15) is 9.59 Å². The van der Waals surface area contributed by atoms with Gasteiger partial charge in [0.1, 0.15) is 0 Å². The number of anilines is 1. The van der Waals surface area contributed by atoms with Crippen molar-refractivity contribution in [2.75, 3.05) is 11.9 Å². The van der Waals surface area contributed by atoms with Gasteiger partial charge in [-0.1, -0.05) is 60.7 Å². The van der Waals surface area contributed by atoms with Crippen LogP contribution in [0.25, 0.3) is 0 Å². The summed E-state index contributed by atoms with van der Waals surface area (Å²) in [6.45, 7) is 0.480. The van der Waals surface area contributed by atoms with E-state index in [1.165, 1.54) is 0 Å². The Morgan fingerprint density at radius 2 is 1.30 bits per heavy atom. The van der Waals surface area contributed by atoms with Crippen molar-refractivity contribution in [2.24, 2.45) is 5.73 Å². The van der Waals surface area contributed by atoms with Gasteiger partial charge in [-0.2, -0.15) is 0 Å². The third kappa shape index (κ3) is 4.95. The molecule has 3 amide bonds. The third-order valence-electron chi connectivity index (χ3n) is 4.29. The average molecular weight is 359 g/mol. The topological polar surface area (TPSA) is 84.2 Å². The molecule has 3 rings (SSSR count). The molecule has 27 heavy (non-hydrogen) atoms. The highest BCUT2D eigenvalue weighted by Gasteiger charge is 2.15. The molecule has 0 aliphatic carbocycles. The molecular weight excluding hydrogens is 338 g/mol. The van der Waals surface area contributed by atoms with Crippen molar-refractivity contribution in [3.63, 3.8) is 0 Å². The van der Waals surface area contributed by atoms with Gasteiger partial charge in [-0.05, 0) is 35.4 Å². The lowest BCUT2D eigenvalue weighted by atomic mass is 9.91. The number of carbonyl (C=O) groups excluding carboxylic acids is 2. The van der Waals surface area contributed by atoms with E-state index in [-0.39, 0.29) is 11.8 Å². The molecule has 3 aromatic rings. The molecule has 0 aromatic heterocycles. The van der Waals surface area contributed by atoms with Crippen LogP contribution in [-0.2, 0) is 0 Å². The molecule has 0 fully saturated rings. The second-order valence-electron chi connectivity index (χ2n) is 6.15. The van der Waals surface area contributed by atoms with Crippen LogP contribution >= 0.6 is 0 Å². The second kappa shape index (κ2) is 8.67. The molecule has 136 valence electrons. The maximum Gasteiger partial charge on any atom is 0.316 e. The van der Waals surface area contributed by atoms with Crippen LogP contribution < -0.4 is 16.4 Å². The summed E-state index contributed by atoms with van der Waals surface area (Å²) in [6.07, 6.45) is 0. The van der Waals surface area contributed by atoms with Gasteiger partial charge >= 0.3 is 6.03 Å². The Balaban J connectivity index is 1.72. The van der Waals surface area contributed by atoms with Crippen LogP contribution in [0.3, 0.4) is 0 Å². The number of hydrogen-bond donors (Lipinski definition) is 3. The van der Waals surface area contributed by atoms with E-state index in [0.29, 0.717) is 17.8 Å². The Labute approximate surface area is 158 Å². The monoisotopic (exact) mass is 359 g/mol. The summed E-state index contributed by atoms with van der Waals surface area (Å²) in [5.41, 5.74) is 8.44. The normalized spacial score (nSPS) is 10.4. The number of nitrogens with one attached hydrogen (secondary N) is 2. The second-order valence-corrected chi connectivity index (χ2v) is 6.15. The van der Waals surface area contributed by atoms with Gasteiger partial charge in [-0.25, -0.2) is 4.79 Å². The van der Waals surface area contributed by atoms with Gasteiger partial charge in [0.05, 0.1) is 0 Å². The first-order valence-corrected chi connectivity index (χ1v) is 8.68. The maximum atomic E-state index is 12.5. The number of carbonyl (C=O) groups is 2. The van der Waals surface area contributed by atoms with Crippen molar-refractivity contribution in [3.8, 4) is 0 Å². The third-order valence-corrected chi connectivity index (χ3v) is 4.29. The Bertz CT molecular complexity index is 854. The summed E-state index contributed by atoms with van der Waals surface area (Å²) in [4.78, 5) is 23.4. The van der Waals surface area contributed by atoms with Gasteiger partial charge in [0.25, 0.3) is 5.91 Å². The van der Waals surface area contributed by atoms with E-state index >= 15 is 0 Å². The summed E-state index contributed by atoms with van der Waals surface area (Å²) in [5, 5.41) is 5.48. The average Bonchev–Trinajstić information content (AvgIpc) is 2.70. The molecule has 0 bridgehead atoms. The molecule has 0 saturated heterocycles. The van der Waals surface area contributed by atoms with Gasteiger partial charge in [0.15, 0.2) is 0 Å². The van der Waals surface area contributed by atoms with Crippen molar-refractivity contribution in [2.45, 2.75) is 5.92 Å².